The summed E-state index contributed by atoms with van der Waals surface area (Å²) >= 11 is 0. The molecule has 2 aromatic heterocycles. The smallest absolute Gasteiger partial charge is 0.227 e. The molecule has 1 aliphatic rings. The summed E-state index contributed by atoms with van der Waals surface area (Å²) in [5.41, 5.74) is 3.31. The number of amides is 1. The van der Waals surface area contributed by atoms with Crippen molar-refractivity contribution in [1.82, 2.24) is 20.0 Å². The van der Waals surface area contributed by atoms with Crippen LogP contribution >= 0.6 is 0 Å². The van der Waals surface area contributed by atoms with Gasteiger partial charge in [-0.1, -0.05) is 17.3 Å². The summed E-state index contributed by atoms with van der Waals surface area (Å²) in [6.07, 6.45) is 4.94. The average molecular weight is 436 g/mol. The molecule has 1 amide bonds. The second-order valence-electron chi connectivity index (χ2n) is 8.32. The van der Waals surface area contributed by atoms with E-state index in [1.807, 2.05) is 61.2 Å². The van der Waals surface area contributed by atoms with Gasteiger partial charge in [-0.05, 0) is 43.9 Å². The number of carbonyl (C=O) groups is 1. The Morgan fingerprint density at radius 1 is 1.28 bits per heavy atom. The number of anilines is 1. The molecule has 3 aromatic rings. The summed E-state index contributed by atoms with van der Waals surface area (Å²) in [5, 5.41) is 4.03. The fraction of sp³-hybridized carbons (Fsp3) is 0.417. The van der Waals surface area contributed by atoms with Gasteiger partial charge in [0, 0.05) is 32.9 Å². The van der Waals surface area contributed by atoms with Gasteiger partial charge in [0.15, 0.2) is 5.76 Å². The molecule has 1 aliphatic heterocycles. The fourth-order valence-corrected chi connectivity index (χ4v) is 4.11. The maximum absolute atomic E-state index is 13.4. The van der Waals surface area contributed by atoms with E-state index in [1.165, 1.54) is 0 Å². The highest BCUT2D eigenvalue weighted by Crippen LogP contribution is 2.37. The van der Waals surface area contributed by atoms with E-state index in [4.69, 9.17) is 14.2 Å². The Morgan fingerprint density at radius 3 is 2.84 bits per heavy atom. The molecule has 32 heavy (non-hydrogen) atoms. The van der Waals surface area contributed by atoms with Crippen LogP contribution in [0.15, 0.2) is 41.1 Å². The Kier molecular flexibility index (Phi) is 6.39. The topological polar surface area (TPSA) is 84.6 Å². The van der Waals surface area contributed by atoms with Crippen LogP contribution in [0.1, 0.15) is 42.3 Å². The minimum atomic E-state index is -0.149. The first-order chi connectivity index (χ1) is 15.5. The molecular weight excluding hydrogens is 406 g/mol. The van der Waals surface area contributed by atoms with Crippen molar-refractivity contribution >= 4 is 11.9 Å². The minimum absolute atomic E-state index is 0.0765. The molecule has 0 N–H and O–H groups in total. The maximum Gasteiger partial charge on any atom is 0.227 e. The van der Waals surface area contributed by atoms with Gasteiger partial charge >= 0.3 is 0 Å². The maximum atomic E-state index is 13.4. The third-order valence-corrected chi connectivity index (χ3v) is 5.73. The lowest BCUT2D eigenvalue weighted by atomic mass is 9.94. The van der Waals surface area contributed by atoms with Gasteiger partial charge in [-0.15, -0.1) is 0 Å². The van der Waals surface area contributed by atoms with Crippen LogP contribution in [0.2, 0.25) is 0 Å². The molecule has 4 rings (SSSR count). The summed E-state index contributed by atoms with van der Waals surface area (Å²) in [5.74, 6) is 2.05. The van der Waals surface area contributed by atoms with Crippen molar-refractivity contribution in [3.63, 3.8) is 0 Å². The number of nitrogens with zero attached hydrogens (tertiary/aromatic N) is 5. The van der Waals surface area contributed by atoms with Crippen molar-refractivity contribution in [2.45, 2.75) is 38.6 Å². The highest BCUT2D eigenvalue weighted by atomic mass is 16.5. The first kappa shape index (κ1) is 21.8. The van der Waals surface area contributed by atoms with Crippen molar-refractivity contribution in [2.75, 3.05) is 32.6 Å². The number of methoxy groups -OCH3 is 1. The molecule has 0 spiro atoms. The Bertz CT molecular complexity index is 1090. The highest BCUT2D eigenvalue weighted by Gasteiger charge is 2.32. The van der Waals surface area contributed by atoms with Crippen molar-refractivity contribution in [3.8, 4) is 17.1 Å². The molecule has 0 radical (unpaired) electrons. The fourth-order valence-electron chi connectivity index (χ4n) is 4.11. The van der Waals surface area contributed by atoms with Gasteiger partial charge in [0.05, 0.1) is 36.5 Å². The van der Waals surface area contributed by atoms with Gasteiger partial charge in [0.2, 0.25) is 11.9 Å². The van der Waals surface area contributed by atoms with Crippen LogP contribution in [0.5, 0.6) is 5.75 Å². The largest absolute Gasteiger partial charge is 0.497 e. The highest BCUT2D eigenvalue weighted by molar-refractivity contribution is 5.80. The van der Waals surface area contributed by atoms with E-state index >= 15 is 0 Å². The summed E-state index contributed by atoms with van der Waals surface area (Å²) in [4.78, 5) is 26.6. The Labute approximate surface area is 188 Å². The van der Waals surface area contributed by atoms with Crippen molar-refractivity contribution in [1.29, 1.82) is 0 Å². The zero-order valence-electron chi connectivity index (χ0n) is 19.0. The molecule has 1 fully saturated rings. The Morgan fingerprint density at radius 2 is 2.12 bits per heavy atom. The van der Waals surface area contributed by atoms with Gasteiger partial charge in [-0.2, -0.15) is 0 Å². The van der Waals surface area contributed by atoms with E-state index in [0.29, 0.717) is 24.7 Å². The third kappa shape index (κ3) is 4.59. The van der Waals surface area contributed by atoms with Crippen LogP contribution < -0.4 is 9.64 Å². The molecule has 8 nitrogen and oxygen atoms in total. The number of aromatic nitrogens is 3. The van der Waals surface area contributed by atoms with Gasteiger partial charge < -0.3 is 19.1 Å². The second-order valence-corrected chi connectivity index (χ2v) is 8.32. The molecule has 3 heterocycles. The molecule has 168 valence electrons. The number of likely N-dealkylation sites (tertiary alicyclic amines) is 1. The van der Waals surface area contributed by atoms with Crippen molar-refractivity contribution < 1.29 is 14.1 Å². The number of hydrogen-bond donors (Lipinski definition) is 0. The predicted molar refractivity (Wildman–Crippen MR) is 122 cm³/mol. The second kappa shape index (κ2) is 9.38. The average Bonchev–Trinajstić information content (AvgIpc) is 3.24. The van der Waals surface area contributed by atoms with Crippen LogP contribution in [0.4, 0.5) is 5.95 Å². The van der Waals surface area contributed by atoms with E-state index in [1.54, 1.807) is 13.3 Å². The zero-order chi connectivity index (χ0) is 22.7. The lowest BCUT2D eigenvalue weighted by molar-refractivity contribution is -0.134. The van der Waals surface area contributed by atoms with E-state index in [2.05, 4.69) is 10.1 Å². The molecule has 1 aromatic carbocycles. The quantitative estimate of drug-likeness (QED) is 0.582. The number of carbonyl (C=O) groups excluding carboxylic acids is 1. The normalized spacial score (nSPS) is 16.1. The molecule has 1 atom stereocenters. The van der Waals surface area contributed by atoms with Crippen molar-refractivity contribution in [2.24, 2.45) is 0 Å². The number of ether oxygens (including phenoxy) is 1. The van der Waals surface area contributed by atoms with Gasteiger partial charge in [-0.3, -0.25) is 4.79 Å². The molecule has 1 saturated heterocycles. The lowest BCUT2D eigenvalue weighted by Gasteiger charge is -2.36. The van der Waals surface area contributed by atoms with Crippen LogP contribution in [-0.4, -0.2) is 53.7 Å². The third-order valence-electron chi connectivity index (χ3n) is 5.73. The number of rotatable bonds is 6. The Hall–Kier alpha value is -3.42. The van der Waals surface area contributed by atoms with Crippen LogP contribution in [-0.2, 0) is 11.2 Å². The van der Waals surface area contributed by atoms with Gasteiger partial charge in [0.1, 0.15) is 5.75 Å². The molecular formula is C24H29N5O3. The standard InChI is InChI=1S/C24H29N5O3/c1-16-12-21(32-27-16)19-15-25-24(28(2)3)26-23(19)20-10-5-6-11-29(20)22(30)14-17-8-7-9-18(13-17)31-4/h7-9,12-13,15,20H,5-6,10-11,14H2,1-4H3/t20-/m0/s1. The summed E-state index contributed by atoms with van der Waals surface area (Å²) in [6, 6.07) is 9.39. The molecule has 0 bridgehead atoms. The molecule has 8 heteroatoms. The van der Waals surface area contributed by atoms with E-state index < -0.39 is 0 Å². The number of piperidine rings is 1. The Balaban J connectivity index is 1.69. The summed E-state index contributed by atoms with van der Waals surface area (Å²) in [7, 11) is 5.44. The monoisotopic (exact) mass is 435 g/mol. The van der Waals surface area contributed by atoms with Crippen molar-refractivity contribution in [3.05, 3.63) is 53.5 Å². The van der Waals surface area contributed by atoms with E-state index in [9.17, 15) is 4.79 Å². The van der Waals surface area contributed by atoms with E-state index in [-0.39, 0.29) is 11.9 Å². The first-order valence-electron chi connectivity index (χ1n) is 10.9. The summed E-state index contributed by atoms with van der Waals surface area (Å²) in [6.45, 7) is 2.58. The van der Waals surface area contributed by atoms with Crippen LogP contribution in [0, 0.1) is 6.92 Å². The van der Waals surface area contributed by atoms with E-state index in [0.717, 1.165) is 47.5 Å². The molecule has 0 saturated carbocycles. The first-order valence-corrected chi connectivity index (χ1v) is 10.9. The predicted octanol–water partition coefficient (Wildman–Crippen LogP) is 3.81. The van der Waals surface area contributed by atoms with Crippen LogP contribution in [0.3, 0.4) is 0 Å². The zero-order valence-corrected chi connectivity index (χ0v) is 19.0. The van der Waals surface area contributed by atoms with Crippen LogP contribution in [0.25, 0.3) is 11.3 Å². The van der Waals surface area contributed by atoms with Gasteiger partial charge in [-0.25, -0.2) is 9.97 Å². The summed E-state index contributed by atoms with van der Waals surface area (Å²) < 4.78 is 10.8. The minimum Gasteiger partial charge on any atom is -0.497 e. The molecule has 0 unspecified atom stereocenters. The lowest BCUT2D eigenvalue weighted by Crippen LogP contribution is -2.40. The number of aryl methyl sites for hydroxylation is 1. The molecule has 0 aliphatic carbocycles. The SMILES string of the molecule is COc1cccc(CC(=O)N2CCCC[C@H]2c2nc(N(C)C)ncc2-c2cc(C)no2)c1. The van der Waals surface area contributed by atoms with Gasteiger partial charge in [0.25, 0.3) is 0 Å². The number of hydrogen-bond acceptors (Lipinski definition) is 7. The number of benzene rings is 1.